The van der Waals surface area contributed by atoms with Crippen LogP contribution in [0.25, 0.3) is 45.4 Å². The predicted molar refractivity (Wildman–Crippen MR) is 163 cm³/mol. The molecule has 10 heteroatoms. The fourth-order valence-electron chi connectivity index (χ4n) is 3.99. The van der Waals surface area contributed by atoms with Crippen LogP contribution < -0.4 is 5.32 Å². The Morgan fingerprint density at radius 2 is 1.15 bits per heavy atom. The zero-order valence-corrected chi connectivity index (χ0v) is 23.5. The Labute approximate surface area is 249 Å². The lowest BCUT2D eigenvalue weighted by atomic mass is 10.2. The van der Waals surface area contributed by atoms with E-state index in [1.165, 1.54) is 5.56 Å². The van der Waals surface area contributed by atoms with Crippen molar-refractivity contribution >= 4 is 63.1 Å². The Hall–Kier alpha value is -4.43. The molecule has 0 aliphatic heterocycles. The summed E-state index contributed by atoms with van der Waals surface area (Å²) in [6.45, 7) is 0.703. The largest absolute Gasteiger partial charge is 0.418 e. The van der Waals surface area contributed by atoms with Crippen LogP contribution in [0.2, 0.25) is 15.2 Å². The number of nitrogens with zero attached hydrogens (tertiary/aromatic N) is 4. The van der Waals surface area contributed by atoms with Gasteiger partial charge >= 0.3 is 0 Å². The summed E-state index contributed by atoms with van der Waals surface area (Å²) >= 11 is 17.7. The Kier molecular flexibility index (Phi) is 7.82. The lowest BCUT2D eigenvalue weighted by molar-refractivity contribution is 0.607. The minimum Gasteiger partial charge on any atom is -0.418 e. The van der Waals surface area contributed by atoms with E-state index >= 15 is 0 Å². The summed E-state index contributed by atoms with van der Waals surface area (Å²) in [7, 11) is 0. The van der Waals surface area contributed by atoms with Gasteiger partial charge in [0.05, 0.1) is 0 Å². The van der Waals surface area contributed by atoms with Crippen molar-refractivity contribution < 1.29 is 8.83 Å². The Balaban J connectivity index is 0.000000156. The molecular weight excluding hydrogens is 581 g/mol. The number of hydrogen-bond acceptors (Lipinski definition) is 7. The highest BCUT2D eigenvalue weighted by atomic mass is 35.5. The predicted octanol–water partition coefficient (Wildman–Crippen LogP) is 9.35. The third-order valence-corrected chi connectivity index (χ3v) is 6.62. The highest BCUT2D eigenvalue weighted by Gasteiger charge is 2.11. The monoisotopic (exact) mass is 599 g/mol. The van der Waals surface area contributed by atoms with Gasteiger partial charge in [-0.05, 0) is 66.2 Å². The third kappa shape index (κ3) is 6.49. The molecule has 7 rings (SSSR count). The molecule has 0 spiro atoms. The Bertz CT molecular complexity index is 1960. The van der Waals surface area contributed by atoms with Crippen LogP contribution in [0.3, 0.4) is 0 Å². The van der Waals surface area contributed by atoms with Crippen molar-refractivity contribution in [3.8, 4) is 22.9 Å². The van der Waals surface area contributed by atoms with Crippen LogP contribution in [0.15, 0.2) is 112 Å². The van der Waals surface area contributed by atoms with Crippen LogP contribution in [0, 0.1) is 0 Å². The van der Waals surface area contributed by atoms with Crippen molar-refractivity contribution in [3.05, 3.63) is 124 Å². The van der Waals surface area contributed by atoms with E-state index in [4.69, 9.17) is 43.6 Å². The van der Waals surface area contributed by atoms with Crippen LogP contribution in [0.5, 0.6) is 0 Å². The van der Waals surface area contributed by atoms with Crippen molar-refractivity contribution in [1.82, 2.24) is 19.9 Å². The second kappa shape index (κ2) is 12.0. The molecule has 0 unspecified atom stereocenters. The standard InChI is InChI=1S/C19H14ClN3O.C12H6Cl2N2O/c20-15-8-4-7-14(11-15)18-22-16-9-10-17(23-19(16)24-18)21-12-13-5-2-1-3-6-13;13-8-3-1-2-7(6-8)11-15-9-4-5-10(14)16-12(9)17-11/h1-11H,12H2,(H,21,23);1-6H. The van der Waals surface area contributed by atoms with E-state index in [1.54, 1.807) is 24.3 Å². The van der Waals surface area contributed by atoms with Gasteiger partial charge in [-0.25, -0.2) is 9.97 Å². The Morgan fingerprint density at radius 3 is 1.76 bits per heavy atom. The van der Waals surface area contributed by atoms with Gasteiger partial charge in [0.1, 0.15) is 22.0 Å². The molecule has 0 bridgehead atoms. The van der Waals surface area contributed by atoms with Crippen molar-refractivity contribution in [2.24, 2.45) is 0 Å². The van der Waals surface area contributed by atoms with Crippen molar-refractivity contribution in [3.63, 3.8) is 0 Å². The number of nitrogens with one attached hydrogen (secondary N) is 1. The van der Waals surface area contributed by atoms with Crippen LogP contribution in [0.1, 0.15) is 5.56 Å². The lowest BCUT2D eigenvalue weighted by Gasteiger charge is -2.04. The number of fused-ring (bicyclic) bond motifs is 2. The van der Waals surface area contributed by atoms with E-state index in [0.29, 0.717) is 50.5 Å². The first-order valence-electron chi connectivity index (χ1n) is 12.5. The normalized spacial score (nSPS) is 10.9. The molecule has 41 heavy (non-hydrogen) atoms. The average molecular weight is 601 g/mol. The fourth-order valence-corrected chi connectivity index (χ4v) is 4.51. The van der Waals surface area contributed by atoms with Crippen molar-refractivity contribution in [2.45, 2.75) is 6.54 Å². The van der Waals surface area contributed by atoms with E-state index in [1.807, 2.05) is 66.7 Å². The summed E-state index contributed by atoms with van der Waals surface area (Å²) in [4.78, 5) is 17.3. The third-order valence-electron chi connectivity index (χ3n) is 5.94. The summed E-state index contributed by atoms with van der Waals surface area (Å²) in [6, 6.07) is 32.1. The van der Waals surface area contributed by atoms with E-state index < -0.39 is 0 Å². The smallest absolute Gasteiger partial charge is 0.249 e. The Morgan fingerprint density at radius 1 is 0.561 bits per heavy atom. The number of anilines is 1. The molecule has 0 saturated carbocycles. The minimum absolute atomic E-state index is 0.381. The van der Waals surface area contributed by atoms with E-state index in [-0.39, 0.29) is 0 Å². The second-order valence-electron chi connectivity index (χ2n) is 8.88. The molecule has 0 atom stereocenters. The number of rotatable bonds is 5. The summed E-state index contributed by atoms with van der Waals surface area (Å²) in [5.41, 5.74) is 5.15. The number of benzene rings is 3. The highest BCUT2D eigenvalue weighted by Crippen LogP contribution is 2.27. The van der Waals surface area contributed by atoms with Gasteiger partial charge in [-0.15, -0.1) is 0 Å². The molecule has 0 amide bonds. The average Bonchev–Trinajstić information content (AvgIpc) is 3.61. The van der Waals surface area contributed by atoms with Crippen LogP contribution >= 0.6 is 34.8 Å². The second-order valence-corrected chi connectivity index (χ2v) is 10.1. The molecule has 0 fully saturated rings. The maximum atomic E-state index is 6.02. The van der Waals surface area contributed by atoms with Crippen LogP contribution in [-0.4, -0.2) is 19.9 Å². The van der Waals surface area contributed by atoms with Crippen LogP contribution in [-0.2, 0) is 6.54 Å². The number of halogens is 3. The number of oxazole rings is 2. The topological polar surface area (TPSA) is 89.9 Å². The molecule has 0 aliphatic rings. The summed E-state index contributed by atoms with van der Waals surface area (Å²) in [5, 5.41) is 4.95. The number of pyridine rings is 2. The molecule has 3 aromatic carbocycles. The first-order valence-corrected chi connectivity index (χ1v) is 13.6. The van der Waals surface area contributed by atoms with Gasteiger partial charge in [0.15, 0.2) is 0 Å². The van der Waals surface area contributed by atoms with Gasteiger partial charge in [-0.2, -0.15) is 9.97 Å². The molecular formula is C31H20Cl3N5O2. The fraction of sp³-hybridized carbons (Fsp3) is 0.0323. The van der Waals surface area contributed by atoms with Gasteiger partial charge in [0, 0.05) is 27.7 Å². The maximum Gasteiger partial charge on any atom is 0.249 e. The SMILES string of the molecule is Clc1cccc(-c2nc3ccc(Cl)nc3o2)c1.Clc1cccc(-c2nc3ccc(NCc4ccccc4)nc3o2)c1. The molecule has 4 heterocycles. The quantitative estimate of drug-likeness (QED) is 0.197. The maximum absolute atomic E-state index is 6.02. The van der Waals surface area contributed by atoms with Gasteiger partial charge in [0.25, 0.3) is 0 Å². The summed E-state index contributed by atoms with van der Waals surface area (Å²) in [5.74, 6) is 1.75. The molecule has 1 N–H and O–H groups in total. The molecule has 0 aliphatic carbocycles. The molecule has 7 aromatic rings. The van der Waals surface area contributed by atoms with E-state index in [9.17, 15) is 0 Å². The molecule has 202 valence electrons. The van der Waals surface area contributed by atoms with Crippen molar-refractivity contribution in [1.29, 1.82) is 0 Å². The first kappa shape index (κ1) is 26.8. The summed E-state index contributed by atoms with van der Waals surface area (Å²) < 4.78 is 11.3. The first-order chi connectivity index (χ1) is 20.0. The van der Waals surface area contributed by atoms with Crippen LogP contribution in [0.4, 0.5) is 5.82 Å². The molecule has 4 aromatic heterocycles. The molecule has 7 nitrogen and oxygen atoms in total. The van der Waals surface area contributed by atoms with Gasteiger partial charge in [-0.1, -0.05) is 77.3 Å². The number of hydrogen-bond donors (Lipinski definition) is 1. The van der Waals surface area contributed by atoms with E-state index in [0.717, 1.165) is 22.5 Å². The molecule has 0 radical (unpaired) electrons. The van der Waals surface area contributed by atoms with Gasteiger partial charge < -0.3 is 14.2 Å². The lowest BCUT2D eigenvalue weighted by Crippen LogP contribution is -2.00. The zero-order chi connectivity index (χ0) is 28.2. The number of aromatic nitrogens is 4. The zero-order valence-electron chi connectivity index (χ0n) is 21.3. The highest BCUT2D eigenvalue weighted by molar-refractivity contribution is 6.31. The van der Waals surface area contributed by atoms with Gasteiger partial charge in [-0.3, -0.25) is 0 Å². The molecule has 0 saturated heterocycles. The minimum atomic E-state index is 0.381. The summed E-state index contributed by atoms with van der Waals surface area (Å²) in [6.07, 6.45) is 0. The van der Waals surface area contributed by atoms with E-state index in [2.05, 4.69) is 37.4 Å². The van der Waals surface area contributed by atoms with Crippen molar-refractivity contribution in [2.75, 3.05) is 5.32 Å². The van der Waals surface area contributed by atoms with Gasteiger partial charge in [0.2, 0.25) is 23.2 Å².